The van der Waals surface area contributed by atoms with Crippen molar-refractivity contribution in [2.24, 2.45) is 0 Å². The smallest absolute Gasteiger partial charge is 0.200 e. The SMILES string of the molecule is Cc1c2cc[nH]c2cc2c(=O)c3ccccc3oc12. The van der Waals surface area contributed by atoms with Gasteiger partial charge in [0.2, 0.25) is 5.43 Å². The quantitative estimate of drug-likeness (QED) is 0.482. The predicted molar refractivity (Wildman–Crippen MR) is 76.6 cm³/mol. The first-order chi connectivity index (χ1) is 9.25. The van der Waals surface area contributed by atoms with E-state index in [2.05, 4.69) is 4.98 Å². The van der Waals surface area contributed by atoms with Gasteiger partial charge in [-0.3, -0.25) is 4.79 Å². The van der Waals surface area contributed by atoms with E-state index in [-0.39, 0.29) is 5.43 Å². The molecule has 0 aliphatic carbocycles. The number of rotatable bonds is 0. The molecule has 0 amide bonds. The van der Waals surface area contributed by atoms with Gasteiger partial charge in [-0.2, -0.15) is 0 Å². The van der Waals surface area contributed by atoms with Gasteiger partial charge in [-0.1, -0.05) is 12.1 Å². The first kappa shape index (κ1) is 10.4. The maximum absolute atomic E-state index is 12.5. The van der Waals surface area contributed by atoms with E-state index in [0.29, 0.717) is 21.9 Å². The van der Waals surface area contributed by atoms with Crippen molar-refractivity contribution in [1.82, 2.24) is 4.98 Å². The Balaban J connectivity index is 2.37. The molecule has 0 saturated carbocycles. The number of nitrogens with one attached hydrogen (secondary N) is 1. The maximum Gasteiger partial charge on any atom is 0.200 e. The molecule has 0 bridgehead atoms. The van der Waals surface area contributed by atoms with Crippen molar-refractivity contribution in [1.29, 1.82) is 0 Å². The van der Waals surface area contributed by atoms with Crippen LogP contribution < -0.4 is 5.43 Å². The van der Waals surface area contributed by atoms with Crippen LogP contribution in [0, 0.1) is 6.92 Å². The van der Waals surface area contributed by atoms with Crippen molar-refractivity contribution in [3.63, 3.8) is 0 Å². The first-order valence-corrected chi connectivity index (χ1v) is 6.18. The highest BCUT2D eigenvalue weighted by atomic mass is 16.3. The molecular formula is C16H11NO2. The molecule has 3 heteroatoms. The third kappa shape index (κ3) is 1.30. The van der Waals surface area contributed by atoms with E-state index < -0.39 is 0 Å². The summed E-state index contributed by atoms with van der Waals surface area (Å²) < 4.78 is 5.92. The molecule has 4 aromatic rings. The minimum atomic E-state index is 0.0245. The van der Waals surface area contributed by atoms with Crippen LogP contribution in [0.1, 0.15) is 5.56 Å². The lowest BCUT2D eigenvalue weighted by molar-refractivity contribution is 0.657. The Morgan fingerprint density at radius 3 is 2.79 bits per heavy atom. The van der Waals surface area contributed by atoms with Gasteiger partial charge in [-0.25, -0.2) is 0 Å². The molecule has 0 atom stereocenters. The molecule has 0 unspecified atom stereocenters. The van der Waals surface area contributed by atoms with Crippen LogP contribution in [0.5, 0.6) is 0 Å². The molecule has 0 saturated heterocycles. The van der Waals surface area contributed by atoms with E-state index >= 15 is 0 Å². The average Bonchev–Trinajstić information content (AvgIpc) is 2.89. The van der Waals surface area contributed by atoms with E-state index in [1.807, 2.05) is 43.5 Å². The molecule has 19 heavy (non-hydrogen) atoms. The number of H-pyrrole nitrogens is 1. The molecule has 0 aliphatic rings. The van der Waals surface area contributed by atoms with E-state index in [9.17, 15) is 4.79 Å². The zero-order valence-electron chi connectivity index (χ0n) is 10.4. The third-order valence-electron chi connectivity index (χ3n) is 3.65. The highest BCUT2D eigenvalue weighted by molar-refractivity contribution is 6.01. The Labute approximate surface area is 108 Å². The number of aromatic amines is 1. The topological polar surface area (TPSA) is 46.0 Å². The van der Waals surface area contributed by atoms with Crippen LogP contribution in [0.2, 0.25) is 0 Å². The Morgan fingerprint density at radius 1 is 1.05 bits per heavy atom. The van der Waals surface area contributed by atoms with Crippen LogP contribution in [-0.2, 0) is 0 Å². The molecule has 3 nitrogen and oxygen atoms in total. The van der Waals surface area contributed by atoms with Gasteiger partial charge in [0.05, 0.1) is 10.8 Å². The third-order valence-corrected chi connectivity index (χ3v) is 3.65. The molecular weight excluding hydrogens is 238 g/mol. The van der Waals surface area contributed by atoms with E-state index in [1.165, 1.54) is 0 Å². The second-order valence-electron chi connectivity index (χ2n) is 4.74. The second kappa shape index (κ2) is 3.48. The summed E-state index contributed by atoms with van der Waals surface area (Å²) in [5.41, 5.74) is 3.30. The van der Waals surface area contributed by atoms with Gasteiger partial charge in [0, 0.05) is 22.7 Å². The Bertz CT molecular complexity index is 992. The molecule has 1 N–H and O–H groups in total. The summed E-state index contributed by atoms with van der Waals surface area (Å²) in [6.07, 6.45) is 1.88. The standard InChI is InChI=1S/C16H11NO2/c1-9-10-6-7-17-13(10)8-12-15(18)11-4-2-3-5-14(11)19-16(9)12/h2-8,17H,1H3. The average molecular weight is 249 g/mol. The van der Waals surface area contributed by atoms with E-state index in [0.717, 1.165) is 16.5 Å². The summed E-state index contributed by atoms with van der Waals surface area (Å²) in [6, 6.07) is 11.2. The number of hydrogen-bond donors (Lipinski definition) is 1. The normalized spacial score (nSPS) is 11.6. The molecule has 0 fully saturated rings. The fourth-order valence-electron chi connectivity index (χ4n) is 2.66. The van der Waals surface area contributed by atoms with E-state index in [4.69, 9.17) is 4.42 Å². The van der Waals surface area contributed by atoms with Crippen molar-refractivity contribution in [2.75, 3.05) is 0 Å². The maximum atomic E-state index is 12.5. The van der Waals surface area contributed by atoms with Crippen LogP contribution in [0.15, 0.2) is 51.8 Å². The largest absolute Gasteiger partial charge is 0.456 e. The summed E-state index contributed by atoms with van der Waals surface area (Å²) in [7, 11) is 0. The van der Waals surface area contributed by atoms with Crippen molar-refractivity contribution < 1.29 is 4.42 Å². The Kier molecular flexibility index (Phi) is 1.90. The van der Waals surface area contributed by atoms with Gasteiger partial charge in [-0.15, -0.1) is 0 Å². The summed E-state index contributed by atoms with van der Waals surface area (Å²) >= 11 is 0. The van der Waals surface area contributed by atoms with Crippen LogP contribution in [0.25, 0.3) is 32.8 Å². The number of fused-ring (bicyclic) bond motifs is 3. The molecule has 92 valence electrons. The molecule has 0 radical (unpaired) electrons. The fourth-order valence-corrected chi connectivity index (χ4v) is 2.66. The van der Waals surface area contributed by atoms with Crippen molar-refractivity contribution in [2.45, 2.75) is 6.92 Å². The molecule has 0 spiro atoms. The highest BCUT2D eigenvalue weighted by Crippen LogP contribution is 2.27. The number of aryl methyl sites for hydroxylation is 1. The summed E-state index contributed by atoms with van der Waals surface area (Å²) in [6.45, 7) is 1.98. The van der Waals surface area contributed by atoms with Crippen molar-refractivity contribution in [3.8, 4) is 0 Å². The summed E-state index contributed by atoms with van der Waals surface area (Å²) in [5, 5.41) is 2.34. The number of benzene rings is 2. The Morgan fingerprint density at radius 2 is 1.89 bits per heavy atom. The number of aromatic nitrogens is 1. The minimum absolute atomic E-state index is 0.0245. The molecule has 2 aromatic heterocycles. The zero-order chi connectivity index (χ0) is 13.0. The minimum Gasteiger partial charge on any atom is -0.456 e. The monoisotopic (exact) mass is 249 g/mol. The first-order valence-electron chi connectivity index (χ1n) is 6.18. The lowest BCUT2D eigenvalue weighted by atomic mass is 10.1. The Hall–Kier alpha value is -2.55. The van der Waals surface area contributed by atoms with Gasteiger partial charge < -0.3 is 9.40 Å². The van der Waals surface area contributed by atoms with Crippen LogP contribution in [-0.4, -0.2) is 4.98 Å². The van der Waals surface area contributed by atoms with Gasteiger partial charge >= 0.3 is 0 Å². The second-order valence-corrected chi connectivity index (χ2v) is 4.74. The molecule has 2 aromatic carbocycles. The van der Waals surface area contributed by atoms with Crippen LogP contribution >= 0.6 is 0 Å². The van der Waals surface area contributed by atoms with Gasteiger partial charge in [0.1, 0.15) is 11.2 Å². The highest BCUT2D eigenvalue weighted by Gasteiger charge is 2.12. The molecule has 0 aliphatic heterocycles. The fraction of sp³-hybridized carbons (Fsp3) is 0.0625. The summed E-state index contributed by atoms with van der Waals surface area (Å²) in [5.74, 6) is 0. The number of hydrogen-bond acceptors (Lipinski definition) is 2. The lowest BCUT2D eigenvalue weighted by Crippen LogP contribution is -2.02. The van der Waals surface area contributed by atoms with Gasteiger partial charge in [-0.05, 0) is 31.2 Å². The summed E-state index contributed by atoms with van der Waals surface area (Å²) in [4.78, 5) is 15.7. The van der Waals surface area contributed by atoms with Crippen LogP contribution in [0.3, 0.4) is 0 Å². The predicted octanol–water partition coefficient (Wildman–Crippen LogP) is 3.74. The van der Waals surface area contributed by atoms with Gasteiger partial charge in [0.25, 0.3) is 0 Å². The van der Waals surface area contributed by atoms with Gasteiger partial charge in [0.15, 0.2) is 0 Å². The van der Waals surface area contributed by atoms with Crippen molar-refractivity contribution in [3.05, 3.63) is 58.4 Å². The lowest BCUT2D eigenvalue weighted by Gasteiger charge is -2.05. The molecule has 4 rings (SSSR count). The zero-order valence-corrected chi connectivity index (χ0v) is 10.4. The van der Waals surface area contributed by atoms with Crippen LogP contribution in [0.4, 0.5) is 0 Å². The van der Waals surface area contributed by atoms with E-state index in [1.54, 1.807) is 6.07 Å². The van der Waals surface area contributed by atoms with Crippen molar-refractivity contribution >= 4 is 32.8 Å². The number of para-hydroxylation sites is 1. The molecule has 2 heterocycles.